The predicted octanol–water partition coefficient (Wildman–Crippen LogP) is 4.13. The van der Waals surface area contributed by atoms with Gasteiger partial charge in [0.1, 0.15) is 27.4 Å². The van der Waals surface area contributed by atoms with Crippen LogP contribution in [0.2, 0.25) is 10.0 Å². The molecule has 0 atom stereocenters. The van der Waals surface area contributed by atoms with E-state index < -0.39 is 11.9 Å². The first-order valence-corrected chi connectivity index (χ1v) is 12.6. The molecule has 16 heteroatoms. The second kappa shape index (κ2) is 10.9. The number of halogens is 2. The molecule has 3 amide bonds. The van der Waals surface area contributed by atoms with E-state index >= 15 is 0 Å². The van der Waals surface area contributed by atoms with Crippen LogP contribution >= 0.6 is 23.2 Å². The number of carbonyl (C=O) groups is 2. The molecular formula is C25H22Cl2N10O4. The summed E-state index contributed by atoms with van der Waals surface area (Å²) in [6.45, 7) is 3.52. The summed E-state index contributed by atoms with van der Waals surface area (Å²) in [5.74, 6) is 0.288. The molecule has 0 unspecified atom stereocenters. The number of fused-ring (bicyclic) bond motifs is 1. The number of hydrogen-bond donors (Lipinski definition) is 3. The Morgan fingerprint density at radius 3 is 2.66 bits per heavy atom. The zero-order valence-corrected chi connectivity index (χ0v) is 23.4. The predicted molar refractivity (Wildman–Crippen MR) is 153 cm³/mol. The number of aromatic nitrogens is 6. The van der Waals surface area contributed by atoms with Crippen molar-refractivity contribution in [3.05, 3.63) is 58.7 Å². The van der Waals surface area contributed by atoms with Crippen molar-refractivity contribution in [1.29, 1.82) is 0 Å². The normalized spacial score (nSPS) is 12.7. The van der Waals surface area contributed by atoms with Crippen LogP contribution in [0.15, 0.2) is 43.1 Å². The van der Waals surface area contributed by atoms with E-state index in [-0.39, 0.29) is 39.7 Å². The van der Waals surface area contributed by atoms with Gasteiger partial charge in [0.05, 0.1) is 37.8 Å². The number of methoxy groups -OCH3 is 1. The minimum absolute atomic E-state index is 0.0191. The van der Waals surface area contributed by atoms with Gasteiger partial charge in [-0.3, -0.25) is 14.6 Å². The Kier molecular flexibility index (Phi) is 7.34. The summed E-state index contributed by atoms with van der Waals surface area (Å²) < 4.78 is 5.21. The fourth-order valence-corrected chi connectivity index (χ4v) is 4.74. The van der Waals surface area contributed by atoms with Gasteiger partial charge < -0.3 is 20.5 Å². The number of benzene rings is 2. The number of anilines is 5. The van der Waals surface area contributed by atoms with E-state index in [1.165, 1.54) is 34.8 Å². The zero-order chi connectivity index (χ0) is 29.4. The number of tetrazole rings is 1. The monoisotopic (exact) mass is 596 g/mol. The Bertz CT molecular complexity index is 1710. The van der Waals surface area contributed by atoms with E-state index in [0.29, 0.717) is 34.1 Å². The fourth-order valence-electron chi connectivity index (χ4n) is 4.11. The number of nitrogens with one attached hydrogen (secondary N) is 2. The molecule has 0 bridgehead atoms. The lowest BCUT2D eigenvalue weighted by molar-refractivity contribution is -0.111. The van der Waals surface area contributed by atoms with E-state index in [9.17, 15) is 14.7 Å². The second-order valence-corrected chi connectivity index (χ2v) is 9.48. The average molecular weight is 597 g/mol. The van der Waals surface area contributed by atoms with Crippen molar-refractivity contribution in [2.24, 2.45) is 7.05 Å². The van der Waals surface area contributed by atoms with Gasteiger partial charge in [-0.25, -0.2) is 9.78 Å². The molecule has 3 heterocycles. The van der Waals surface area contributed by atoms with Crippen LogP contribution in [0.5, 0.6) is 11.5 Å². The molecule has 0 saturated carbocycles. The summed E-state index contributed by atoms with van der Waals surface area (Å²) in [5, 5.41) is 28.1. The highest BCUT2D eigenvalue weighted by molar-refractivity contribution is 6.42. The largest absolute Gasteiger partial charge is 0.506 e. The van der Waals surface area contributed by atoms with Crippen LogP contribution in [0.4, 0.5) is 33.6 Å². The minimum atomic E-state index is -0.502. The maximum atomic E-state index is 13.4. The molecule has 3 N–H and O–H groups in total. The van der Waals surface area contributed by atoms with Crippen LogP contribution in [0.25, 0.3) is 11.4 Å². The van der Waals surface area contributed by atoms with Gasteiger partial charge in [-0.2, -0.15) is 9.78 Å². The van der Waals surface area contributed by atoms with Crippen molar-refractivity contribution in [2.45, 2.75) is 6.54 Å². The quantitative estimate of drug-likeness (QED) is 0.264. The Morgan fingerprint density at radius 2 is 1.98 bits per heavy atom. The van der Waals surface area contributed by atoms with Crippen LogP contribution in [-0.4, -0.2) is 61.4 Å². The van der Waals surface area contributed by atoms with Crippen LogP contribution < -0.4 is 25.2 Å². The average Bonchev–Trinajstić information content (AvgIpc) is 3.40. The third-order valence-corrected chi connectivity index (χ3v) is 6.83. The van der Waals surface area contributed by atoms with Crippen molar-refractivity contribution >= 4 is 64.0 Å². The van der Waals surface area contributed by atoms with E-state index in [1.54, 1.807) is 31.4 Å². The number of amides is 3. The van der Waals surface area contributed by atoms with Gasteiger partial charge in [-0.1, -0.05) is 29.8 Å². The molecule has 1 aliphatic heterocycles. The van der Waals surface area contributed by atoms with Crippen molar-refractivity contribution in [3.8, 4) is 22.9 Å². The number of phenolic OH excluding ortho intramolecular Hbond substituents is 1. The lowest BCUT2D eigenvalue weighted by Gasteiger charge is -2.35. The molecule has 2 aromatic heterocycles. The molecule has 5 rings (SSSR count). The lowest BCUT2D eigenvalue weighted by Crippen LogP contribution is -2.46. The Labute approximate surface area is 243 Å². The SMILES string of the molecule is C=CC(=O)Nc1cc(-c2nnn(C)n2)ccc1Nc1ncc2c(n1)N(C)C(=O)N(c1c(Cl)c(O)cc(OC)c1Cl)C2. The molecule has 0 saturated heterocycles. The van der Waals surface area contributed by atoms with Gasteiger partial charge in [0.15, 0.2) is 0 Å². The zero-order valence-electron chi connectivity index (χ0n) is 21.9. The molecule has 0 fully saturated rings. The van der Waals surface area contributed by atoms with Crippen molar-refractivity contribution in [2.75, 3.05) is 34.6 Å². The van der Waals surface area contributed by atoms with E-state index in [2.05, 4.69) is 42.6 Å². The topological polar surface area (TPSA) is 164 Å². The highest BCUT2D eigenvalue weighted by Gasteiger charge is 2.34. The van der Waals surface area contributed by atoms with Crippen molar-refractivity contribution in [1.82, 2.24) is 30.2 Å². The Morgan fingerprint density at radius 1 is 1.20 bits per heavy atom. The summed E-state index contributed by atoms with van der Waals surface area (Å²) >= 11 is 12.8. The third kappa shape index (κ3) is 5.17. The minimum Gasteiger partial charge on any atom is -0.506 e. The molecule has 14 nitrogen and oxygen atoms in total. The molecule has 210 valence electrons. The first-order chi connectivity index (χ1) is 19.6. The van der Waals surface area contributed by atoms with Crippen molar-refractivity contribution < 1.29 is 19.4 Å². The van der Waals surface area contributed by atoms with E-state index in [1.807, 2.05) is 0 Å². The highest BCUT2D eigenvalue weighted by Crippen LogP contribution is 2.47. The number of aromatic hydroxyl groups is 1. The smallest absolute Gasteiger partial charge is 0.330 e. The Hall–Kier alpha value is -4.95. The number of hydrogen-bond acceptors (Lipinski definition) is 10. The summed E-state index contributed by atoms with van der Waals surface area (Å²) in [6.07, 6.45) is 2.68. The molecule has 0 radical (unpaired) electrons. The van der Waals surface area contributed by atoms with Gasteiger partial charge in [-0.15, -0.1) is 10.2 Å². The van der Waals surface area contributed by atoms with Gasteiger partial charge in [-0.05, 0) is 29.5 Å². The number of urea groups is 1. The first kappa shape index (κ1) is 27.6. The number of nitrogens with zero attached hydrogens (tertiary/aromatic N) is 8. The number of ether oxygens (including phenoxy) is 1. The second-order valence-electron chi connectivity index (χ2n) is 8.73. The van der Waals surface area contributed by atoms with Crippen LogP contribution in [0.3, 0.4) is 0 Å². The maximum absolute atomic E-state index is 13.4. The maximum Gasteiger partial charge on any atom is 0.330 e. The lowest BCUT2D eigenvalue weighted by atomic mass is 10.1. The highest BCUT2D eigenvalue weighted by atomic mass is 35.5. The number of rotatable bonds is 7. The van der Waals surface area contributed by atoms with Gasteiger partial charge in [0.25, 0.3) is 0 Å². The van der Waals surface area contributed by atoms with Crippen molar-refractivity contribution in [3.63, 3.8) is 0 Å². The molecule has 2 aromatic carbocycles. The number of phenols is 1. The van der Waals surface area contributed by atoms with Gasteiger partial charge in [0, 0.05) is 30.4 Å². The summed E-state index contributed by atoms with van der Waals surface area (Å²) in [4.78, 5) is 38.4. The Balaban J connectivity index is 1.48. The third-order valence-electron chi connectivity index (χ3n) is 6.10. The number of carbonyl (C=O) groups excluding carboxylic acids is 2. The summed E-state index contributed by atoms with van der Waals surface area (Å²) in [7, 11) is 4.56. The molecule has 0 spiro atoms. The molecule has 4 aromatic rings. The van der Waals surface area contributed by atoms with Gasteiger partial charge in [0.2, 0.25) is 17.7 Å². The first-order valence-electron chi connectivity index (χ1n) is 11.9. The van der Waals surface area contributed by atoms with E-state index in [4.69, 9.17) is 27.9 Å². The van der Waals surface area contributed by atoms with Crippen LogP contribution in [0.1, 0.15) is 5.56 Å². The summed E-state index contributed by atoms with van der Waals surface area (Å²) in [6, 6.07) is 5.88. The molecule has 0 aliphatic carbocycles. The van der Waals surface area contributed by atoms with E-state index in [0.717, 1.165) is 6.08 Å². The standard InChI is InChI=1S/C25H22Cl2N10O4/c1-5-18(39)29-15-8-12(22-32-34-36(3)33-22)6-7-14(15)30-24-28-10-13-11-37(25(40)35(2)23(13)31-24)21-19(26)16(38)9-17(41-4)20(21)27/h5-10,38H,1,11H2,2-4H3,(H,29,39)(H,28,30,31). The van der Waals surface area contributed by atoms with Crippen LogP contribution in [0, 0.1) is 0 Å². The number of aryl methyl sites for hydroxylation is 1. The van der Waals surface area contributed by atoms with Crippen LogP contribution in [-0.2, 0) is 18.4 Å². The molecule has 1 aliphatic rings. The molecule has 41 heavy (non-hydrogen) atoms. The fraction of sp³-hybridized carbons (Fsp3) is 0.160. The molecular weight excluding hydrogens is 575 g/mol. The van der Waals surface area contributed by atoms with Gasteiger partial charge >= 0.3 is 6.03 Å². The summed E-state index contributed by atoms with van der Waals surface area (Å²) in [5.41, 5.74) is 2.13.